The van der Waals surface area contributed by atoms with Gasteiger partial charge in [0.15, 0.2) is 6.10 Å². The summed E-state index contributed by atoms with van der Waals surface area (Å²) in [6, 6.07) is 14.9. The Bertz CT molecular complexity index is 1590. The van der Waals surface area contributed by atoms with Crippen LogP contribution < -0.4 is 4.74 Å². The normalized spacial score (nSPS) is 21.9. The molecular weight excluding hydrogens is 570 g/mol. The monoisotopic (exact) mass is 602 g/mol. The first-order chi connectivity index (χ1) is 21.0. The van der Waals surface area contributed by atoms with Crippen LogP contribution in [-0.4, -0.2) is 77.7 Å². The van der Waals surface area contributed by atoms with Crippen molar-refractivity contribution in [3.63, 3.8) is 0 Å². The van der Waals surface area contributed by atoms with E-state index in [1.54, 1.807) is 29.8 Å². The minimum absolute atomic E-state index is 0.260. The highest BCUT2D eigenvalue weighted by Crippen LogP contribution is 2.38. The molecule has 6 heterocycles. The number of benzene rings is 1. The van der Waals surface area contributed by atoms with Crippen molar-refractivity contribution >= 4 is 35.2 Å². The number of carbonyl (C=O) groups is 2. The van der Waals surface area contributed by atoms with Gasteiger partial charge in [-0.1, -0.05) is 29.4 Å². The fourth-order valence-electron chi connectivity index (χ4n) is 5.90. The molecule has 2 bridgehead atoms. The number of carbonyl (C=O) groups excluding carboxylic acids is 2. The first-order valence-electron chi connectivity index (χ1n) is 14.1. The van der Waals surface area contributed by atoms with Crippen LogP contribution in [0.2, 0.25) is 0 Å². The van der Waals surface area contributed by atoms with Crippen molar-refractivity contribution in [3.8, 4) is 17.3 Å². The molecule has 222 valence electrons. The van der Waals surface area contributed by atoms with Crippen LogP contribution >= 0.6 is 11.3 Å². The molecule has 2 unspecified atom stereocenters. The summed E-state index contributed by atoms with van der Waals surface area (Å²) < 4.78 is 22.6. The Morgan fingerprint density at radius 3 is 2.67 bits per heavy atom. The molecule has 3 aromatic heterocycles. The van der Waals surface area contributed by atoms with Crippen LogP contribution in [0.3, 0.4) is 0 Å². The average molecular weight is 603 g/mol. The molecule has 0 N–H and O–H groups in total. The third-order valence-electron chi connectivity index (χ3n) is 8.23. The van der Waals surface area contributed by atoms with Gasteiger partial charge in [-0.15, -0.1) is 11.3 Å². The number of hydrogen-bond acceptors (Lipinski definition) is 11. The number of pyridine rings is 1. The van der Waals surface area contributed by atoms with Crippen LogP contribution in [0, 0.1) is 5.92 Å². The molecule has 43 heavy (non-hydrogen) atoms. The average Bonchev–Trinajstić information content (AvgIpc) is 3.72. The Balaban J connectivity index is 1.20. The Morgan fingerprint density at radius 1 is 1.14 bits per heavy atom. The quantitative estimate of drug-likeness (QED) is 0.143. The zero-order chi connectivity index (χ0) is 29.8. The van der Waals surface area contributed by atoms with Gasteiger partial charge in [0.25, 0.3) is 5.89 Å². The summed E-state index contributed by atoms with van der Waals surface area (Å²) in [5.41, 5.74) is 1.92. The number of hydrogen-bond donors (Lipinski definition) is 0. The Hall–Kier alpha value is -4.42. The van der Waals surface area contributed by atoms with Crippen molar-refractivity contribution in [2.24, 2.45) is 10.9 Å². The molecule has 0 aliphatic carbocycles. The van der Waals surface area contributed by atoms with Gasteiger partial charge in [0.05, 0.1) is 33.0 Å². The summed E-state index contributed by atoms with van der Waals surface area (Å²) in [6.45, 7) is 3.22. The highest BCUT2D eigenvalue weighted by Gasteiger charge is 2.48. The van der Waals surface area contributed by atoms with E-state index in [1.165, 1.54) is 31.8 Å². The summed E-state index contributed by atoms with van der Waals surface area (Å²) in [5, 5.41) is 6.02. The van der Waals surface area contributed by atoms with E-state index in [-0.39, 0.29) is 12.0 Å². The summed E-state index contributed by atoms with van der Waals surface area (Å²) in [4.78, 5) is 39.8. The second-order valence-electron chi connectivity index (χ2n) is 10.8. The smallest absolute Gasteiger partial charge is 0.350 e. The molecule has 0 amide bonds. The molecule has 11 nitrogen and oxygen atoms in total. The number of rotatable bonds is 10. The molecule has 3 saturated heterocycles. The van der Waals surface area contributed by atoms with E-state index in [9.17, 15) is 9.59 Å². The maximum absolute atomic E-state index is 13.8. The molecule has 2 atom stereocenters. The summed E-state index contributed by atoms with van der Waals surface area (Å²) in [7, 11) is 2.85. The fraction of sp³-hybridized carbons (Fsp3) is 0.355. The van der Waals surface area contributed by atoms with E-state index in [0.717, 1.165) is 36.0 Å². The lowest BCUT2D eigenvalue weighted by Crippen LogP contribution is -2.64. The molecule has 3 fully saturated rings. The van der Waals surface area contributed by atoms with Crippen LogP contribution in [-0.2, 0) is 20.8 Å². The summed E-state index contributed by atoms with van der Waals surface area (Å²) in [6.07, 6.45) is 4.72. The van der Waals surface area contributed by atoms with Crippen LogP contribution in [0.5, 0.6) is 5.88 Å². The minimum atomic E-state index is -0.835. The van der Waals surface area contributed by atoms with Gasteiger partial charge in [-0.3, -0.25) is 9.79 Å². The summed E-state index contributed by atoms with van der Waals surface area (Å²) >= 11 is 1.23. The molecule has 7 rings (SSSR count). The number of esters is 2. The highest BCUT2D eigenvalue weighted by molar-refractivity contribution is 7.12. The first-order valence-corrected chi connectivity index (χ1v) is 15.0. The zero-order valence-corrected chi connectivity index (χ0v) is 24.7. The van der Waals surface area contributed by atoms with Crippen molar-refractivity contribution < 1.29 is 32.8 Å². The van der Waals surface area contributed by atoms with Gasteiger partial charge in [-0.05, 0) is 29.1 Å². The van der Waals surface area contributed by atoms with Crippen LogP contribution in [0.15, 0.2) is 69.6 Å². The standard InChI is InChI=1S/C31H32N5O6S/c1-39-27-9-8-22(16-33-27)23(17-32-24-12-15-43-28(24)31(38)40-2)30(37)41-25-18-36(13-10-20(25)11-14-36)19-26-34-29(42-35-26)21-6-4-3-5-7-21/h3-9,12,15-17,20,23,25H,10-11,13-14,18-19H2,1-2H3/q+1. The Morgan fingerprint density at radius 2 is 1.95 bits per heavy atom. The maximum Gasteiger partial charge on any atom is 0.350 e. The Kier molecular flexibility index (Phi) is 8.30. The number of aromatic nitrogens is 3. The molecule has 1 aromatic carbocycles. The topological polar surface area (TPSA) is 126 Å². The molecule has 3 aliphatic heterocycles. The predicted octanol–water partition coefficient (Wildman–Crippen LogP) is 4.83. The number of aliphatic imine (C=N–C) groups is 1. The van der Waals surface area contributed by atoms with Crippen LogP contribution in [0.1, 0.15) is 39.8 Å². The number of thiophene rings is 1. The van der Waals surface area contributed by atoms with Crippen LogP contribution in [0.4, 0.5) is 5.69 Å². The molecular formula is C31H32N5O6S+. The van der Waals surface area contributed by atoms with Crippen molar-refractivity contribution in [1.82, 2.24) is 15.1 Å². The van der Waals surface area contributed by atoms with Crippen molar-refractivity contribution in [1.29, 1.82) is 0 Å². The number of fused-ring (bicyclic) bond motifs is 3. The summed E-state index contributed by atoms with van der Waals surface area (Å²) in [5.74, 6) is 0.122. The van der Waals surface area contributed by atoms with Gasteiger partial charge in [-0.2, -0.15) is 4.98 Å². The minimum Gasteiger partial charge on any atom is -0.481 e. The lowest BCUT2D eigenvalue weighted by atomic mass is 9.83. The third-order valence-corrected chi connectivity index (χ3v) is 9.12. The molecule has 4 aromatic rings. The van der Waals surface area contributed by atoms with E-state index >= 15 is 0 Å². The van der Waals surface area contributed by atoms with Crippen molar-refractivity contribution in [2.75, 3.05) is 33.9 Å². The van der Waals surface area contributed by atoms with Crippen molar-refractivity contribution in [3.05, 3.63) is 76.4 Å². The lowest BCUT2D eigenvalue weighted by Gasteiger charge is -2.51. The molecule has 0 saturated carbocycles. The molecule has 3 aliphatic rings. The lowest BCUT2D eigenvalue weighted by molar-refractivity contribution is -0.958. The first kappa shape index (κ1) is 28.7. The second-order valence-corrected chi connectivity index (χ2v) is 11.8. The highest BCUT2D eigenvalue weighted by atomic mass is 32.1. The SMILES string of the molecule is COC(=O)c1sccc1N=CC(C(=O)OC1C[N+]2(Cc3noc(-c4ccccc4)n3)CCC1CC2)c1ccc(OC)nc1. The van der Waals surface area contributed by atoms with E-state index in [4.69, 9.17) is 18.7 Å². The van der Waals surface area contributed by atoms with Crippen LogP contribution in [0.25, 0.3) is 11.5 Å². The molecule has 0 radical (unpaired) electrons. The number of nitrogens with zero attached hydrogens (tertiary/aromatic N) is 5. The third kappa shape index (κ3) is 6.20. The number of ether oxygens (including phenoxy) is 3. The number of methoxy groups -OCH3 is 2. The van der Waals surface area contributed by atoms with Gasteiger partial charge < -0.3 is 23.2 Å². The van der Waals surface area contributed by atoms with Gasteiger partial charge in [0.1, 0.15) is 23.9 Å². The van der Waals surface area contributed by atoms with Gasteiger partial charge in [-0.25, -0.2) is 9.78 Å². The zero-order valence-electron chi connectivity index (χ0n) is 23.9. The molecule has 0 spiro atoms. The number of quaternary nitrogens is 1. The Labute approximate surface area is 252 Å². The van der Waals surface area contributed by atoms with Gasteiger partial charge in [0, 0.05) is 42.8 Å². The van der Waals surface area contributed by atoms with Crippen molar-refractivity contribution in [2.45, 2.75) is 31.4 Å². The van der Waals surface area contributed by atoms with E-state index < -0.39 is 17.9 Å². The van der Waals surface area contributed by atoms with E-state index in [1.807, 2.05) is 30.3 Å². The predicted molar refractivity (Wildman–Crippen MR) is 158 cm³/mol. The van der Waals surface area contributed by atoms with Gasteiger partial charge in [0.2, 0.25) is 11.7 Å². The van der Waals surface area contributed by atoms with Gasteiger partial charge >= 0.3 is 11.9 Å². The second kappa shape index (κ2) is 12.4. The van der Waals surface area contributed by atoms with E-state index in [0.29, 0.717) is 46.8 Å². The van der Waals surface area contributed by atoms with E-state index in [2.05, 4.69) is 20.1 Å². The molecule has 12 heteroatoms. The number of piperidine rings is 3. The largest absolute Gasteiger partial charge is 0.481 e. The maximum atomic E-state index is 13.8. The fourth-order valence-corrected chi connectivity index (χ4v) is 6.65.